The lowest BCUT2D eigenvalue weighted by Crippen LogP contribution is -2.57. The summed E-state index contributed by atoms with van der Waals surface area (Å²) in [5.74, 6) is 0.347. The van der Waals surface area contributed by atoms with Gasteiger partial charge in [-0.15, -0.1) is 0 Å². The maximum atomic E-state index is 16.8. The molecule has 0 radical (unpaired) electrons. The van der Waals surface area contributed by atoms with Gasteiger partial charge >= 0.3 is 12.1 Å². The number of hydrogen-bond donors (Lipinski definition) is 0. The maximum Gasteiger partial charge on any atom is 0.410 e. The fourth-order valence-electron chi connectivity index (χ4n) is 8.52. The largest absolute Gasteiger partial charge is 0.461 e. The first kappa shape index (κ1) is 31.1. The van der Waals surface area contributed by atoms with Gasteiger partial charge in [0, 0.05) is 24.8 Å². The number of aromatic nitrogens is 3. The molecule has 1 amide bonds. The molecule has 2 unspecified atom stereocenters. The highest BCUT2D eigenvalue weighted by Crippen LogP contribution is 2.41. The standard InChI is InChI=1S/C36H47FN6O3/c1-22(2)28-23(3)10-7-11-26(28)30-29(37)31-27(18-38-30)32(40-33(39-31)45-21-36-14-8-16-42(36)17-9-15-36)41-19-24-12-13-25(20-41)43(24)34(44)46-35(4,5)6/h7,10-11,18,22,24-25H,8-9,12-17,19-21H2,1-6H3. The molecule has 0 spiro atoms. The lowest BCUT2D eigenvalue weighted by Gasteiger charge is -2.42. The van der Waals surface area contributed by atoms with Gasteiger partial charge in [-0.1, -0.05) is 32.0 Å². The summed E-state index contributed by atoms with van der Waals surface area (Å²) in [7, 11) is 0. The van der Waals surface area contributed by atoms with Crippen LogP contribution in [0.2, 0.25) is 0 Å². The van der Waals surface area contributed by atoms with Crippen LogP contribution in [0, 0.1) is 12.7 Å². The lowest BCUT2D eigenvalue weighted by molar-refractivity contribution is 0.0122. The van der Waals surface area contributed by atoms with E-state index < -0.39 is 11.4 Å². The zero-order chi connectivity index (χ0) is 32.4. The fourth-order valence-corrected chi connectivity index (χ4v) is 8.52. The molecule has 2 bridgehead atoms. The number of rotatable bonds is 6. The van der Waals surface area contributed by atoms with E-state index in [2.05, 4.69) is 36.6 Å². The van der Waals surface area contributed by atoms with E-state index in [9.17, 15) is 4.79 Å². The number of benzene rings is 1. The molecule has 4 saturated heterocycles. The van der Waals surface area contributed by atoms with Gasteiger partial charge < -0.3 is 14.4 Å². The summed E-state index contributed by atoms with van der Waals surface area (Å²) in [5.41, 5.74) is 2.92. The molecule has 10 heteroatoms. The van der Waals surface area contributed by atoms with E-state index in [1.54, 1.807) is 6.20 Å². The number of amides is 1. The normalized spacial score (nSPS) is 22.6. The third-order valence-electron chi connectivity index (χ3n) is 10.5. The van der Waals surface area contributed by atoms with Crippen molar-refractivity contribution in [1.82, 2.24) is 24.8 Å². The second kappa shape index (κ2) is 11.6. The Morgan fingerprint density at radius 1 is 1.09 bits per heavy atom. The van der Waals surface area contributed by atoms with Gasteiger partial charge in [0.1, 0.15) is 29.2 Å². The van der Waals surface area contributed by atoms with Crippen molar-refractivity contribution in [2.45, 2.75) is 109 Å². The third-order valence-corrected chi connectivity index (χ3v) is 10.5. The van der Waals surface area contributed by atoms with Crippen LogP contribution in [0.25, 0.3) is 22.2 Å². The minimum absolute atomic E-state index is 0.00626. The SMILES string of the molecule is Cc1cccc(-c2ncc3c(N4CC5CCC(C4)N5C(=O)OC(C)(C)C)nc(OCC45CCCN4CCC5)nc3c2F)c1C(C)C. The van der Waals surface area contributed by atoms with Gasteiger partial charge in [0.25, 0.3) is 0 Å². The van der Waals surface area contributed by atoms with Crippen molar-refractivity contribution in [3.63, 3.8) is 0 Å². The number of carbonyl (C=O) groups excluding carboxylic acids is 1. The predicted octanol–water partition coefficient (Wildman–Crippen LogP) is 6.86. The fraction of sp³-hybridized carbons (Fsp3) is 0.611. The first-order valence-electron chi connectivity index (χ1n) is 17.0. The van der Waals surface area contributed by atoms with Crippen LogP contribution >= 0.6 is 0 Å². The number of pyridine rings is 1. The van der Waals surface area contributed by atoms with E-state index in [0.29, 0.717) is 36.6 Å². The molecular weight excluding hydrogens is 583 g/mol. The van der Waals surface area contributed by atoms with Crippen LogP contribution < -0.4 is 9.64 Å². The molecule has 1 aromatic carbocycles. The Bertz CT molecular complexity index is 1630. The molecule has 46 heavy (non-hydrogen) atoms. The van der Waals surface area contributed by atoms with Crippen LogP contribution in [-0.4, -0.2) is 86.9 Å². The Morgan fingerprint density at radius 3 is 2.43 bits per heavy atom. The van der Waals surface area contributed by atoms with Crippen molar-refractivity contribution in [3.8, 4) is 17.3 Å². The Kier molecular flexibility index (Phi) is 7.85. The Balaban J connectivity index is 1.28. The molecule has 0 aliphatic carbocycles. The van der Waals surface area contributed by atoms with E-state index in [0.717, 1.165) is 68.3 Å². The molecular formula is C36H47FN6O3. The number of nitrogens with zero attached hydrogens (tertiary/aromatic N) is 6. The summed E-state index contributed by atoms with van der Waals surface area (Å²) < 4.78 is 29.0. The van der Waals surface area contributed by atoms with Gasteiger partial charge in [0.2, 0.25) is 0 Å². The Morgan fingerprint density at radius 2 is 1.78 bits per heavy atom. The number of aryl methyl sites for hydroxylation is 1. The molecule has 3 aromatic rings. The van der Waals surface area contributed by atoms with E-state index in [1.807, 2.05) is 37.8 Å². The first-order chi connectivity index (χ1) is 21.9. The topological polar surface area (TPSA) is 83.9 Å². The molecule has 0 saturated carbocycles. The van der Waals surface area contributed by atoms with Crippen LogP contribution in [0.4, 0.5) is 15.0 Å². The summed E-state index contributed by atoms with van der Waals surface area (Å²) >= 11 is 0. The summed E-state index contributed by atoms with van der Waals surface area (Å²) in [5, 5.41) is 0.555. The lowest BCUT2D eigenvalue weighted by atomic mass is 9.90. The molecule has 2 atom stereocenters. The molecule has 0 N–H and O–H groups in total. The van der Waals surface area contributed by atoms with Crippen LogP contribution in [0.5, 0.6) is 6.01 Å². The number of hydrogen-bond acceptors (Lipinski definition) is 8. The monoisotopic (exact) mass is 630 g/mol. The molecule has 2 aromatic heterocycles. The van der Waals surface area contributed by atoms with E-state index >= 15 is 4.39 Å². The van der Waals surface area contributed by atoms with Crippen molar-refractivity contribution in [2.75, 3.05) is 37.7 Å². The van der Waals surface area contributed by atoms with Crippen LogP contribution in [0.1, 0.15) is 90.2 Å². The van der Waals surface area contributed by atoms with Gasteiger partial charge in [-0.3, -0.25) is 14.8 Å². The number of piperazine rings is 1. The number of fused-ring (bicyclic) bond motifs is 4. The van der Waals surface area contributed by atoms with Gasteiger partial charge in [-0.2, -0.15) is 9.97 Å². The van der Waals surface area contributed by atoms with Gasteiger partial charge in [-0.25, -0.2) is 9.18 Å². The van der Waals surface area contributed by atoms with Crippen LogP contribution in [0.3, 0.4) is 0 Å². The minimum atomic E-state index is -0.565. The van der Waals surface area contributed by atoms with Crippen LogP contribution in [-0.2, 0) is 4.74 Å². The summed E-state index contributed by atoms with van der Waals surface area (Å²) in [4.78, 5) is 34.2. The number of carbonyl (C=O) groups is 1. The summed E-state index contributed by atoms with van der Waals surface area (Å²) in [6.45, 7) is 15.8. The summed E-state index contributed by atoms with van der Waals surface area (Å²) in [6, 6.07) is 6.11. The quantitative estimate of drug-likeness (QED) is 0.292. The molecule has 7 rings (SSSR count). The average Bonchev–Trinajstić information content (AvgIpc) is 3.65. The molecule has 246 valence electrons. The predicted molar refractivity (Wildman–Crippen MR) is 177 cm³/mol. The van der Waals surface area contributed by atoms with E-state index in [-0.39, 0.29) is 41.2 Å². The zero-order valence-corrected chi connectivity index (χ0v) is 28.1. The van der Waals surface area contributed by atoms with Crippen molar-refractivity contribution in [3.05, 3.63) is 41.3 Å². The van der Waals surface area contributed by atoms with Crippen molar-refractivity contribution < 1.29 is 18.7 Å². The highest BCUT2D eigenvalue weighted by Gasteiger charge is 2.46. The van der Waals surface area contributed by atoms with E-state index in [1.165, 1.54) is 0 Å². The number of ether oxygens (including phenoxy) is 2. The van der Waals surface area contributed by atoms with Crippen LogP contribution in [0.15, 0.2) is 24.4 Å². The Hall–Kier alpha value is -3.53. The van der Waals surface area contributed by atoms with Crippen molar-refractivity contribution in [1.29, 1.82) is 0 Å². The van der Waals surface area contributed by atoms with Crippen molar-refractivity contribution in [2.24, 2.45) is 0 Å². The second-order valence-electron chi connectivity index (χ2n) is 15.1. The molecule has 6 heterocycles. The number of halogens is 1. The van der Waals surface area contributed by atoms with Gasteiger partial charge in [0.15, 0.2) is 5.82 Å². The average molecular weight is 631 g/mol. The highest BCUT2D eigenvalue weighted by molar-refractivity contribution is 5.92. The third kappa shape index (κ3) is 5.46. The molecule has 4 fully saturated rings. The molecule has 9 nitrogen and oxygen atoms in total. The molecule has 4 aliphatic rings. The maximum absolute atomic E-state index is 16.8. The first-order valence-corrected chi connectivity index (χ1v) is 17.0. The minimum Gasteiger partial charge on any atom is -0.461 e. The number of anilines is 1. The Labute approximate surface area is 271 Å². The second-order valence-corrected chi connectivity index (χ2v) is 15.1. The van der Waals surface area contributed by atoms with Gasteiger partial charge in [-0.05, 0) is 96.4 Å². The summed E-state index contributed by atoms with van der Waals surface area (Å²) in [6.07, 6.45) is 7.72. The van der Waals surface area contributed by atoms with Gasteiger partial charge in [0.05, 0.1) is 23.0 Å². The highest BCUT2D eigenvalue weighted by atomic mass is 19.1. The van der Waals surface area contributed by atoms with Crippen molar-refractivity contribution >= 4 is 22.8 Å². The zero-order valence-electron chi connectivity index (χ0n) is 28.1. The smallest absolute Gasteiger partial charge is 0.410 e. The molecule has 4 aliphatic heterocycles. The van der Waals surface area contributed by atoms with E-state index in [4.69, 9.17) is 24.4 Å².